The summed E-state index contributed by atoms with van der Waals surface area (Å²) in [5, 5.41) is 19.9. The summed E-state index contributed by atoms with van der Waals surface area (Å²) >= 11 is 0. The molecule has 9 nitrogen and oxygen atoms in total. The van der Waals surface area contributed by atoms with Gasteiger partial charge in [-0.05, 0) is 25.3 Å². The Morgan fingerprint density at radius 2 is 2.20 bits per heavy atom. The molecule has 3 aliphatic rings. The molecule has 0 aromatic rings. The summed E-state index contributed by atoms with van der Waals surface area (Å²) < 4.78 is 12.0. The van der Waals surface area contributed by atoms with Gasteiger partial charge in [0.2, 0.25) is 12.7 Å². The molecule has 2 aliphatic heterocycles. The first kappa shape index (κ1) is 18.6. The topological polar surface area (TPSA) is 144 Å². The summed E-state index contributed by atoms with van der Waals surface area (Å²) in [5.41, 5.74) is 11.9. The lowest BCUT2D eigenvalue weighted by Gasteiger charge is -2.43. The molecule has 3 rings (SSSR count). The third-order valence-corrected chi connectivity index (χ3v) is 5.11. The molecule has 2 fully saturated rings. The molecule has 1 unspecified atom stereocenters. The molecule has 0 bridgehead atoms. The van der Waals surface area contributed by atoms with Gasteiger partial charge in [-0.15, -0.1) is 0 Å². The standard InChI is InChI=1S/C16H29N5O4/c17-5-11-1-2-13(21-10-6-19-7-10)16(24-11)25-15-12(18)3-9(20-8-22)4-14(15)23/h1,8-10,12-16,19,21,23H,2-7,17-18H2,(H,20,22)/t9-,12+,13-,14-,15?,16-/m1/s1. The number of nitrogens with one attached hydrogen (secondary N) is 3. The van der Waals surface area contributed by atoms with Crippen LogP contribution in [0.4, 0.5) is 0 Å². The Morgan fingerprint density at radius 3 is 2.80 bits per heavy atom. The van der Waals surface area contributed by atoms with E-state index < -0.39 is 18.5 Å². The summed E-state index contributed by atoms with van der Waals surface area (Å²) in [6.45, 7) is 2.14. The Balaban J connectivity index is 1.63. The highest BCUT2D eigenvalue weighted by molar-refractivity contribution is 5.46. The monoisotopic (exact) mass is 355 g/mol. The number of carbonyl (C=O) groups excluding carboxylic acids is 1. The second-order valence-electron chi connectivity index (χ2n) is 7.01. The van der Waals surface area contributed by atoms with Crippen molar-refractivity contribution in [3.8, 4) is 0 Å². The molecular formula is C16H29N5O4. The van der Waals surface area contributed by atoms with E-state index in [0.717, 1.165) is 19.5 Å². The van der Waals surface area contributed by atoms with Crippen molar-refractivity contribution in [2.75, 3.05) is 19.6 Å². The lowest BCUT2D eigenvalue weighted by Crippen LogP contribution is -2.62. The van der Waals surface area contributed by atoms with E-state index in [1.165, 1.54) is 0 Å². The van der Waals surface area contributed by atoms with Gasteiger partial charge in [0.15, 0.2) is 0 Å². The fourth-order valence-electron chi connectivity index (χ4n) is 3.61. The molecule has 0 spiro atoms. The summed E-state index contributed by atoms with van der Waals surface area (Å²) in [6.07, 6.45) is 2.47. The van der Waals surface area contributed by atoms with E-state index in [4.69, 9.17) is 20.9 Å². The molecule has 2 heterocycles. The Kier molecular flexibility index (Phi) is 6.26. The van der Waals surface area contributed by atoms with Crippen molar-refractivity contribution in [1.29, 1.82) is 0 Å². The molecule has 0 radical (unpaired) electrons. The molecule has 0 aromatic heterocycles. The number of nitrogens with two attached hydrogens (primary N) is 2. The van der Waals surface area contributed by atoms with E-state index in [1.807, 2.05) is 6.08 Å². The lowest BCUT2D eigenvalue weighted by molar-refractivity contribution is -0.206. The zero-order valence-electron chi connectivity index (χ0n) is 14.3. The minimum Gasteiger partial charge on any atom is -0.467 e. The average Bonchev–Trinajstić information content (AvgIpc) is 2.55. The fraction of sp³-hybridized carbons (Fsp3) is 0.812. The van der Waals surface area contributed by atoms with Crippen molar-refractivity contribution in [3.05, 3.63) is 11.8 Å². The van der Waals surface area contributed by atoms with Crippen molar-refractivity contribution < 1.29 is 19.4 Å². The number of amides is 1. The van der Waals surface area contributed by atoms with Gasteiger partial charge in [-0.2, -0.15) is 0 Å². The van der Waals surface area contributed by atoms with E-state index in [9.17, 15) is 9.90 Å². The highest BCUT2D eigenvalue weighted by atomic mass is 16.7. The van der Waals surface area contributed by atoms with Crippen LogP contribution in [0, 0.1) is 0 Å². The van der Waals surface area contributed by atoms with Crippen LogP contribution in [0.5, 0.6) is 0 Å². The summed E-state index contributed by atoms with van der Waals surface area (Å²) in [5.74, 6) is 0.689. The molecule has 1 amide bonds. The first-order valence-corrected chi connectivity index (χ1v) is 8.92. The van der Waals surface area contributed by atoms with E-state index in [-0.39, 0.29) is 18.1 Å². The smallest absolute Gasteiger partial charge is 0.215 e. The maximum atomic E-state index is 10.6. The number of aliphatic hydroxyl groups is 1. The predicted molar refractivity (Wildman–Crippen MR) is 91.3 cm³/mol. The van der Waals surface area contributed by atoms with Gasteiger partial charge >= 0.3 is 0 Å². The van der Waals surface area contributed by atoms with Gasteiger partial charge in [-0.1, -0.05) is 0 Å². The minimum absolute atomic E-state index is 0.0207. The molecule has 1 saturated heterocycles. The van der Waals surface area contributed by atoms with E-state index >= 15 is 0 Å². The van der Waals surface area contributed by atoms with Crippen LogP contribution in [0.15, 0.2) is 11.8 Å². The number of rotatable bonds is 7. The van der Waals surface area contributed by atoms with Crippen LogP contribution in [-0.2, 0) is 14.3 Å². The second kappa shape index (κ2) is 8.43. The fourth-order valence-corrected chi connectivity index (χ4v) is 3.61. The van der Waals surface area contributed by atoms with Crippen LogP contribution in [0.25, 0.3) is 0 Å². The Hall–Kier alpha value is -1.23. The van der Waals surface area contributed by atoms with Crippen LogP contribution in [0.3, 0.4) is 0 Å². The molecule has 6 atom stereocenters. The molecule has 25 heavy (non-hydrogen) atoms. The lowest BCUT2D eigenvalue weighted by atomic mass is 9.86. The van der Waals surface area contributed by atoms with Gasteiger partial charge in [-0.25, -0.2) is 0 Å². The van der Waals surface area contributed by atoms with Crippen LogP contribution in [0.2, 0.25) is 0 Å². The van der Waals surface area contributed by atoms with Crippen LogP contribution in [0.1, 0.15) is 19.3 Å². The summed E-state index contributed by atoms with van der Waals surface area (Å²) in [4.78, 5) is 10.6. The summed E-state index contributed by atoms with van der Waals surface area (Å²) in [7, 11) is 0. The molecule has 0 aromatic carbocycles. The molecule has 142 valence electrons. The van der Waals surface area contributed by atoms with Crippen molar-refractivity contribution in [3.63, 3.8) is 0 Å². The Morgan fingerprint density at radius 1 is 1.40 bits per heavy atom. The highest BCUT2D eigenvalue weighted by Crippen LogP contribution is 2.26. The van der Waals surface area contributed by atoms with Crippen molar-refractivity contribution >= 4 is 6.41 Å². The molecule has 9 heteroatoms. The van der Waals surface area contributed by atoms with Gasteiger partial charge in [0, 0.05) is 31.2 Å². The van der Waals surface area contributed by atoms with Crippen LogP contribution >= 0.6 is 0 Å². The summed E-state index contributed by atoms with van der Waals surface area (Å²) in [6, 6.07) is -0.154. The van der Waals surface area contributed by atoms with Gasteiger partial charge in [0.05, 0.1) is 18.7 Å². The third kappa shape index (κ3) is 4.49. The van der Waals surface area contributed by atoms with Crippen molar-refractivity contribution in [2.24, 2.45) is 11.5 Å². The zero-order chi connectivity index (χ0) is 17.8. The number of ether oxygens (including phenoxy) is 2. The maximum absolute atomic E-state index is 10.6. The number of aliphatic hydroxyl groups excluding tert-OH is 1. The molecule has 1 aliphatic carbocycles. The number of hydrogen-bond acceptors (Lipinski definition) is 8. The largest absolute Gasteiger partial charge is 0.467 e. The first-order valence-electron chi connectivity index (χ1n) is 8.92. The first-order chi connectivity index (χ1) is 12.1. The van der Waals surface area contributed by atoms with Crippen molar-refractivity contribution in [1.82, 2.24) is 16.0 Å². The quantitative estimate of drug-likeness (QED) is 0.275. The zero-order valence-corrected chi connectivity index (χ0v) is 14.3. The predicted octanol–water partition coefficient (Wildman–Crippen LogP) is -2.51. The van der Waals surface area contributed by atoms with E-state index in [2.05, 4.69) is 16.0 Å². The molecule has 1 saturated carbocycles. The minimum atomic E-state index is -0.761. The highest BCUT2D eigenvalue weighted by Gasteiger charge is 2.40. The van der Waals surface area contributed by atoms with Crippen molar-refractivity contribution in [2.45, 2.75) is 61.9 Å². The molecule has 8 N–H and O–H groups in total. The number of carbonyl (C=O) groups is 1. The SMILES string of the molecule is NCC1=CC[C@@H](NC2CNC2)[C@@H](OC2[C@H](O)C[C@H](NC=O)C[C@@H]2N)O1. The van der Waals surface area contributed by atoms with E-state index in [0.29, 0.717) is 37.6 Å². The molecular weight excluding hydrogens is 326 g/mol. The second-order valence-corrected chi connectivity index (χ2v) is 7.01. The van der Waals surface area contributed by atoms with Gasteiger partial charge in [0.1, 0.15) is 11.9 Å². The Bertz CT molecular complexity index is 475. The van der Waals surface area contributed by atoms with Crippen LogP contribution < -0.4 is 27.4 Å². The van der Waals surface area contributed by atoms with Gasteiger partial charge < -0.3 is 42.0 Å². The maximum Gasteiger partial charge on any atom is 0.215 e. The average molecular weight is 355 g/mol. The Labute approximate surface area is 147 Å². The number of hydrogen-bond donors (Lipinski definition) is 6. The van der Waals surface area contributed by atoms with E-state index in [1.54, 1.807) is 0 Å². The normalized spacial score (nSPS) is 39.1. The van der Waals surface area contributed by atoms with Gasteiger partial charge in [-0.3, -0.25) is 4.79 Å². The van der Waals surface area contributed by atoms with Crippen LogP contribution in [-0.4, -0.2) is 73.8 Å². The third-order valence-electron chi connectivity index (χ3n) is 5.11. The van der Waals surface area contributed by atoms with Gasteiger partial charge in [0.25, 0.3) is 0 Å².